The molecule has 0 radical (unpaired) electrons. The van der Waals surface area contributed by atoms with Crippen LogP contribution in [0.2, 0.25) is 0 Å². The van der Waals surface area contributed by atoms with Crippen molar-refractivity contribution < 1.29 is 16.8 Å². The fourth-order valence-electron chi connectivity index (χ4n) is 2.35. The minimum Gasteiger partial charge on any atom is -0.370 e. The Morgan fingerprint density at radius 3 is 2.39 bits per heavy atom. The van der Waals surface area contributed by atoms with Crippen molar-refractivity contribution in [2.75, 3.05) is 11.1 Å². The van der Waals surface area contributed by atoms with Gasteiger partial charge in [-0.15, -0.1) is 0 Å². The van der Waals surface area contributed by atoms with E-state index in [2.05, 4.69) is 15.3 Å². The van der Waals surface area contributed by atoms with E-state index < -0.39 is 19.7 Å². The molecule has 2 heterocycles. The second-order valence-corrected chi connectivity index (χ2v) is 11.4. The van der Waals surface area contributed by atoms with Crippen molar-refractivity contribution in [1.82, 2.24) is 9.97 Å². The fraction of sp³-hybridized carbons (Fsp3) is 0.222. The van der Waals surface area contributed by atoms with Crippen LogP contribution >= 0.6 is 11.3 Å². The third-order valence-electron chi connectivity index (χ3n) is 3.98. The lowest BCUT2D eigenvalue weighted by molar-refractivity contribution is 0.590. The Morgan fingerprint density at radius 1 is 1.07 bits per heavy atom. The van der Waals surface area contributed by atoms with E-state index in [0.717, 1.165) is 22.5 Å². The first-order valence-electron chi connectivity index (χ1n) is 8.42. The van der Waals surface area contributed by atoms with Gasteiger partial charge in [0.25, 0.3) is 0 Å². The highest BCUT2D eigenvalue weighted by molar-refractivity contribution is 7.94. The molecule has 3 rings (SSSR count). The van der Waals surface area contributed by atoms with E-state index >= 15 is 0 Å². The quantitative estimate of drug-likeness (QED) is 0.605. The lowest BCUT2D eigenvalue weighted by Gasteiger charge is -2.07. The second-order valence-electron chi connectivity index (χ2n) is 6.05. The van der Waals surface area contributed by atoms with Gasteiger partial charge in [-0.1, -0.05) is 42.0 Å². The molecule has 0 amide bonds. The highest BCUT2D eigenvalue weighted by Crippen LogP contribution is 2.35. The van der Waals surface area contributed by atoms with Gasteiger partial charge < -0.3 is 5.32 Å². The van der Waals surface area contributed by atoms with Crippen LogP contribution < -0.4 is 5.32 Å². The molecule has 10 heteroatoms. The molecule has 0 bridgehead atoms. The van der Waals surface area contributed by atoms with E-state index in [-0.39, 0.29) is 31.6 Å². The summed E-state index contributed by atoms with van der Waals surface area (Å²) in [5, 5.41) is 2.92. The lowest BCUT2D eigenvalue weighted by atomic mass is 10.2. The molecule has 0 atom stereocenters. The first-order valence-corrected chi connectivity index (χ1v) is 12.4. The van der Waals surface area contributed by atoms with E-state index in [1.165, 1.54) is 19.1 Å². The minimum atomic E-state index is -3.98. The predicted molar refractivity (Wildman–Crippen MR) is 108 cm³/mol. The van der Waals surface area contributed by atoms with E-state index in [0.29, 0.717) is 0 Å². The van der Waals surface area contributed by atoms with Gasteiger partial charge >= 0.3 is 0 Å². The number of nitrogens with one attached hydrogen (secondary N) is 1. The summed E-state index contributed by atoms with van der Waals surface area (Å²) in [6, 6.07) is 9.95. The number of thiazole rings is 1. The van der Waals surface area contributed by atoms with Crippen molar-refractivity contribution in [3.63, 3.8) is 0 Å². The summed E-state index contributed by atoms with van der Waals surface area (Å²) < 4.78 is 50.5. The van der Waals surface area contributed by atoms with Crippen LogP contribution in [-0.2, 0) is 26.2 Å². The number of nitrogens with zero attached hydrogens (tertiary/aromatic N) is 2. The molecule has 28 heavy (non-hydrogen) atoms. The van der Waals surface area contributed by atoms with Gasteiger partial charge in [0.1, 0.15) is 5.00 Å². The standard InChI is InChI=1S/C18H19N3O4S3/c1-3-27(22,23)18-21-17(28(24,25)15-8-6-13(2)7-9-15)16(26-18)20-12-14-5-4-10-19-11-14/h4-11,20H,3,12H2,1-2H3. The average molecular weight is 438 g/mol. The van der Waals surface area contributed by atoms with Gasteiger partial charge in [-0.25, -0.2) is 21.8 Å². The van der Waals surface area contributed by atoms with Gasteiger partial charge in [0.05, 0.1) is 10.6 Å². The van der Waals surface area contributed by atoms with Crippen LogP contribution in [0.25, 0.3) is 0 Å². The maximum absolute atomic E-state index is 13.1. The Kier molecular flexibility index (Phi) is 5.82. The molecule has 3 aromatic rings. The van der Waals surface area contributed by atoms with Crippen LogP contribution in [0.4, 0.5) is 5.00 Å². The van der Waals surface area contributed by atoms with Crippen molar-refractivity contribution in [3.8, 4) is 0 Å². The molecule has 2 aromatic heterocycles. The van der Waals surface area contributed by atoms with Crippen LogP contribution in [0.15, 0.2) is 63.1 Å². The first-order chi connectivity index (χ1) is 13.2. The maximum atomic E-state index is 13.1. The van der Waals surface area contributed by atoms with Crippen molar-refractivity contribution in [2.45, 2.75) is 34.7 Å². The number of hydrogen-bond acceptors (Lipinski definition) is 8. The molecule has 1 aromatic carbocycles. The van der Waals surface area contributed by atoms with E-state index in [1.807, 2.05) is 13.0 Å². The molecular weight excluding hydrogens is 418 g/mol. The van der Waals surface area contributed by atoms with Crippen molar-refractivity contribution >= 4 is 36.0 Å². The van der Waals surface area contributed by atoms with E-state index in [4.69, 9.17) is 0 Å². The predicted octanol–water partition coefficient (Wildman–Crippen LogP) is 3.09. The average Bonchev–Trinajstić information content (AvgIpc) is 3.13. The monoisotopic (exact) mass is 437 g/mol. The zero-order chi connectivity index (χ0) is 20.4. The van der Waals surface area contributed by atoms with Gasteiger partial charge in [-0.3, -0.25) is 4.98 Å². The molecule has 148 valence electrons. The fourth-order valence-corrected chi connectivity index (χ4v) is 6.34. The van der Waals surface area contributed by atoms with E-state index in [9.17, 15) is 16.8 Å². The smallest absolute Gasteiger partial charge is 0.226 e. The Morgan fingerprint density at radius 2 is 1.79 bits per heavy atom. The SMILES string of the molecule is CCS(=O)(=O)c1nc(S(=O)(=O)c2ccc(C)cc2)c(NCc2cccnc2)s1. The molecule has 7 nitrogen and oxygen atoms in total. The Hall–Kier alpha value is -2.30. The molecule has 0 saturated carbocycles. The number of hydrogen-bond donors (Lipinski definition) is 1. The van der Waals surface area contributed by atoms with Crippen molar-refractivity contribution in [1.29, 1.82) is 0 Å². The molecule has 0 fully saturated rings. The normalized spacial score (nSPS) is 12.1. The van der Waals surface area contributed by atoms with Crippen LogP contribution in [-0.4, -0.2) is 32.6 Å². The third-order valence-corrected chi connectivity index (χ3v) is 9.01. The zero-order valence-electron chi connectivity index (χ0n) is 15.3. The molecule has 0 aliphatic heterocycles. The number of sulfone groups is 2. The minimum absolute atomic E-state index is 0.0632. The topological polar surface area (TPSA) is 106 Å². The third kappa shape index (κ3) is 4.23. The summed E-state index contributed by atoms with van der Waals surface area (Å²) in [5.74, 6) is -0.160. The molecule has 1 N–H and O–H groups in total. The Labute approximate surface area is 168 Å². The van der Waals surface area contributed by atoms with Crippen LogP contribution in [0.1, 0.15) is 18.1 Å². The lowest BCUT2D eigenvalue weighted by Crippen LogP contribution is -2.08. The molecule has 0 unspecified atom stereocenters. The molecule has 0 aliphatic rings. The molecule has 0 saturated heterocycles. The van der Waals surface area contributed by atoms with Gasteiger partial charge in [0.2, 0.25) is 24.0 Å². The number of anilines is 1. The number of rotatable bonds is 7. The van der Waals surface area contributed by atoms with Gasteiger partial charge in [-0.05, 0) is 30.7 Å². The highest BCUT2D eigenvalue weighted by Gasteiger charge is 2.29. The van der Waals surface area contributed by atoms with Crippen LogP contribution in [0, 0.1) is 6.92 Å². The first kappa shape index (κ1) is 20.4. The highest BCUT2D eigenvalue weighted by atomic mass is 32.2. The summed E-state index contributed by atoms with van der Waals surface area (Å²) in [6.45, 7) is 3.64. The van der Waals surface area contributed by atoms with Gasteiger partial charge in [-0.2, -0.15) is 0 Å². The van der Waals surface area contributed by atoms with Crippen molar-refractivity contribution in [2.24, 2.45) is 0 Å². The Balaban J connectivity index is 2.06. The van der Waals surface area contributed by atoms with Crippen LogP contribution in [0.5, 0.6) is 0 Å². The second kappa shape index (κ2) is 7.98. The maximum Gasteiger partial charge on any atom is 0.226 e. The number of aromatic nitrogens is 2. The van der Waals surface area contributed by atoms with Crippen LogP contribution in [0.3, 0.4) is 0 Å². The summed E-state index contributed by atoms with van der Waals surface area (Å²) in [6.07, 6.45) is 3.28. The molecule has 0 spiro atoms. The number of benzene rings is 1. The van der Waals surface area contributed by atoms with Gasteiger partial charge in [0.15, 0.2) is 5.03 Å². The van der Waals surface area contributed by atoms with Gasteiger partial charge in [0, 0.05) is 18.9 Å². The summed E-state index contributed by atoms with van der Waals surface area (Å²) >= 11 is 0.825. The Bertz CT molecular complexity index is 1170. The van der Waals surface area contributed by atoms with Crippen molar-refractivity contribution in [3.05, 3.63) is 59.9 Å². The number of pyridine rings is 1. The van der Waals surface area contributed by atoms with E-state index in [1.54, 1.807) is 30.6 Å². The largest absolute Gasteiger partial charge is 0.370 e. The zero-order valence-corrected chi connectivity index (χ0v) is 17.7. The summed E-state index contributed by atoms with van der Waals surface area (Å²) in [4.78, 5) is 8.08. The summed E-state index contributed by atoms with van der Waals surface area (Å²) in [7, 11) is -7.62. The molecule has 0 aliphatic carbocycles. The summed E-state index contributed by atoms with van der Waals surface area (Å²) in [5.41, 5.74) is 1.75. The molecular formula is C18H19N3O4S3. The number of aryl methyl sites for hydroxylation is 1.